The number of benzene rings is 1. The molecule has 0 saturated carbocycles. The zero-order valence-corrected chi connectivity index (χ0v) is 18.0. The van der Waals surface area contributed by atoms with E-state index in [4.69, 9.17) is 9.47 Å². The van der Waals surface area contributed by atoms with E-state index < -0.39 is 22.0 Å². The van der Waals surface area contributed by atoms with Crippen molar-refractivity contribution in [2.45, 2.75) is 19.8 Å². The maximum absolute atomic E-state index is 13.2. The van der Waals surface area contributed by atoms with E-state index in [0.29, 0.717) is 30.7 Å². The smallest absolute Gasteiger partial charge is 0.345 e. The van der Waals surface area contributed by atoms with Gasteiger partial charge in [0.05, 0.1) is 25.3 Å². The fourth-order valence-corrected chi connectivity index (χ4v) is 4.36. The van der Waals surface area contributed by atoms with Crippen LogP contribution in [0.4, 0.5) is 0 Å². The lowest BCUT2D eigenvalue weighted by atomic mass is 9.97. The van der Waals surface area contributed by atoms with Gasteiger partial charge in [0.15, 0.2) is 0 Å². The Balaban J connectivity index is 1.91. The molecule has 3 rings (SSSR count). The van der Waals surface area contributed by atoms with Crippen LogP contribution in [0, 0.1) is 5.92 Å². The number of nitrogens with zero attached hydrogens (tertiary/aromatic N) is 3. The van der Waals surface area contributed by atoms with Gasteiger partial charge >= 0.3 is 16.2 Å². The number of hydrogen-bond acceptors (Lipinski definition) is 6. The fraction of sp³-hybridized carbons (Fsp3) is 0.450. The number of ether oxygens (including phenoxy) is 2. The largest absolute Gasteiger partial charge is 0.497 e. The molecule has 30 heavy (non-hydrogen) atoms. The van der Waals surface area contributed by atoms with Crippen LogP contribution in [0.15, 0.2) is 40.4 Å². The minimum absolute atomic E-state index is 0.0210. The van der Waals surface area contributed by atoms with E-state index in [9.17, 15) is 18.0 Å². The Morgan fingerprint density at radius 1 is 1.30 bits per heavy atom. The maximum atomic E-state index is 13.2. The van der Waals surface area contributed by atoms with Crippen LogP contribution in [0.3, 0.4) is 0 Å². The van der Waals surface area contributed by atoms with Crippen LogP contribution in [-0.4, -0.2) is 69.1 Å². The van der Waals surface area contributed by atoms with Gasteiger partial charge in [0, 0.05) is 25.7 Å². The Morgan fingerprint density at radius 3 is 2.77 bits per heavy atom. The van der Waals surface area contributed by atoms with E-state index in [2.05, 4.69) is 4.40 Å². The van der Waals surface area contributed by atoms with Crippen molar-refractivity contribution in [1.29, 1.82) is 0 Å². The predicted molar refractivity (Wildman–Crippen MR) is 110 cm³/mol. The fourth-order valence-electron chi connectivity index (χ4n) is 3.45. The second-order valence-corrected chi connectivity index (χ2v) is 8.65. The summed E-state index contributed by atoms with van der Waals surface area (Å²) in [4.78, 5) is 26.8. The number of piperidine rings is 1. The van der Waals surface area contributed by atoms with Crippen molar-refractivity contribution in [2.75, 3.05) is 33.9 Å². The zero-order chi connectivity index (χ0) is 21.9. The molecule has 1 fully saturated rings. The van der Waals surface area contributed by atoms with Crippen LogP contribution in [-0.2, 0) is 24.5 Å². The molecule has 1 amide bonds. The molecular formula is C20H25N3O6S. The number of hydrogen-bond donors (Lipinski definition) is 0. The third kappa shape index (κ3) is 4.48. The standard InChI is InChI=1S/C20H25N3O6S/c1-4-29-20(25)15-8-6-10-23(13-15)19(24)18-12-17(21-30(26,27)22(18)2)14-7-5-9-16(11-14)28-3/h5,7,9,11-12,15H,4,6,8,10,13H2,1-3H3/t15-/m0/s1. The Kier molecular flexibility index (Phi) is 6.45. The first kappa shape index (κ1) is 21.8. The number of esters is 1. The van der Waals surface area contributed by atoms with Crippen molar-refractivity contribution in [1.82, 2.24) is 9.21 Å². The van der Waals surface area contributed by atoms with Crippen LogP contribution in [0.5, 0.6) is 5.75 Å². The minimum Gasteiger partial charge on any atom is -0.497 e. The van der Waals surface area contributed by atoms with Crippen LogP contribution >= 0.6 is 0 Å². The molecule has 1 aromatic rings. The second kappa shape index (κ2) is 8.86. The van der Waals surface area contributed by atoms with Crippen molar-refractivity contribution >= 4 is 27.8 Å². The van der Waals surface area contributed by atoms with Gasteiger partial charge in [-0.1, -0.05) is 12.1 Å². The highest BCUT2D eigenvalue weighted by Crippen LogP contribution is 2.25. The lowest BCUT2D eigenvalue weighted by molar-refractivity contribution is -0.151. The number of amides is 1. The molecule has 0 bridgehead atoms. The molecule has 1 atom stereocenters. The molecule has 1 aromatic carbocycles. The van der Waals surface area contributed by atoms with Crippen molar-refractivity contribution in [3.8, 4) is 5.75 Å². The van der Waals surface area contributed by atoms with Gasteiger partial charge in [0.2, 0.25) is 0 Å². The molecule has 0 N–H and O–H groups in total. The van der Waals surface area contributed by atoms with Gasteiger partial charge in [-0.25, -0.2) is 4.31 Å². The highest BCUT2D eigenvalue weighted by atomic mass is 32.2. The molecule has 162 valence electrons. The van der Waals surface area contributed by atoms with E-state index in [1.807, 2.05) is 0 Å². The van der Waals surface area contributed by atoms with Crippen LogP contribution in [0.1, 0.15) is 25.3 Å². The SMILES string of the molecule is CCOC(=O)[C@H]1CCCN(C(=O)C2=CC(c3cccc(OC)c3)=NS(=O)(=O)N2C)C1. The molecule has 0 spiro atoms. The summed E-state index contributed by atoms with van der Waals surface area (Å²) in [6.07, 6.45) is 2.72. The summed E-state index contributed by atoms with van der Waals surface area (Å²) in [5, 5.41) is 0. The number of likely N-dealkylation sites (tertiary alicyclic amines) is 1. The van der Waals surface area contributed by atoms with Gasteiger partial charge in [-0.05, 0) is 38.0 Å². The van der Waals surface area contributed by atoms with Gasteiger partial charge in [-0.3, -0.25) is 9.59 Å². The summed E-state index contributed by atoms with van der Waals surface area (Å²) < 4.78 is 40.2. The summed E-state index contributed by atoms with van der Waals surface area (Å²) in [7, 11) is -1.28. The monoisotopic (exact) mass is 435 g/mol. The molecule has 0 unspecified atom stereocenters. The lowest BCUT2D eigenvalue weighted by Crippen LogP contribution is -2.46. The molecule has 10 heteroatoms. The summed E-state index contributed by atoms with van der Waals surface area (Å²) in [6.45, 7) is 2.63. The quantitative estimate of drug-likeness (QED) is 0.647. The number of rotatable bonds is 5. The number of likely N-dealkylation sites (N-methyl/N-ethyl adjacent to an activating group) is 1. The highest BCUT2D eigenvalue weighted by molar-refractivity contribution is 7.88. The maximum Gasteiger partial charge on any atom is 0.345 e. The predicted octanol–water partition coefficient (Wildman–Crippen LogP) is 1.36. The summed E-state index contributed by atoms with van der Waals surface area (Å²) in [5.74, 6) is -0.681. The third-order valence-corrected chi connectivity index (χ3v) is 6.40. The Bertz CT molecular complexity index is 1000. The third-order valence-electron chi connectivity index (χ3n) is 5.09. The number of carbonyl (C=O) groups is 2. The first-order chi connectivity index (χ1) is 14.3. The Hall–Kier alpha value is -2.88. The number of carbonyl (C=O) groups excluding carboxylic acids is 2. The van der Waals surface area contributed by atoms with Gasteiger partial charge in [0.1, 0.15) is 11.4 Å². The topological polar surface area (TPSA) is 106 Å². The minimum atomic E-state index is -4.08. The molecule has 2 heterocycles. The first-order valence-electron chi connectivity index (χ1n) is 9.67. The average Bonchev–Trinajstić information content (AvgIpc) is 2.75. The van der Waals surface area contributed by atoms with E-state index >= 15 is 0 Å². The summed E-state index contributed by atoms with van der Waals surface area (Å²) in [6, 6.07) is 6.78. The highest BCUT2D eigenvalue weighted by Gasteiger charge is 2.36. The number of methoxy groups -OCH3 is 1. The molecule has 2 aliphatic rings. The molecule has 1 saturated heterocycles. The van der Waals surface area contributed by atoms with Crippen LogP contribution < -0.4 is 4.74 Å². The molecule has 2 aliphatic heterocycles. The van der Waals surface area contributed by atoms with Crippen molar-refractivity contribution in [3.05, 3.63) is 41.6 Å². The van der Waals surface area contributed by atoms with Gasteiger partial charge in [-0.15, -0.1) is 4.40 Å². The first-order valence-corrected chi connectivity index (χ1v) is 11.1. The molecular weight excluding hydrogens is 410 g/mol. The van der Waals surface area contributed by atoms with Gasteiger partial charge < -0.3 is 14.4 Å². The van der Waals surface area contributed by atoms with E-state index in [1.54, 1.807) is 31.2 Å². The number of allylic oxidation sites excluding steroid dienone is 1. The van der Waals surface area contributed by atoms with Gasteiger partial charge in [-0.2, -0.15) is 8.42 Å². The Labute approximate surface area is 176 Å². The van der Waals surface area contributed by atoms with Crippen molar-refractivity contribution in [2.24, 2.45) is 10.3 Å². The summed E-state index contributed by atoms with van der Waals surface area (Å²) in [5.41, 5.74) is 0.640. The zero-order valence-electron chi connectivity index (χ0n) is 17.2. The molecule has 0 aliphatic carbocycles. The van der Waals surface area contributed by atoms with Crippen LogP contribution in [0.25, 0.3) is 0 Å². The Morgan fingerprint density at radius 2 is 2.07 bits per heavy atom. The van der Waals surface area contributed by atoms with E-state index in [1.165, 1.54) is 25.1 Å². The normalized spacial score (nSPS) is 20.8. The van der Waals surface area contributed by atoms with E-state index in [0.717, 1.165) is 4.31 Å². The second-order valence-electron chi connectivity index (χ2n) is 7.03. The molecule has 9 nitrogen and oxygen atoms in total. The molecule has 0 aromatic heterocycles. The average molecular weight is 436 g/mol. The summed E-state index contributed by atoms with van der Waals surface area (Å²) >= 11 is 0. The van der Waals surface area contributed by atoms with Crippen LogP contribution in [0.2, 0.25) is 0 Å². The lowest BCUT2D eigenvalue weighted by Gasteiger charge is -2.34. The molecule has 0 radical (unpaired) electrons. The van der Waals surface area contributed by atoms with Crippen molar-refractivity contribution in [3.63, 3.8) is 0 Å². The van der Waals surface area contributed by atoms with Crippen molar-refractivity contribution < 1.29 is 27.5 Å². The van der Waals surface area contributed by atoms with E-state index in [-0.39, 0.29) is 30.5 Å². The van der Waals surface area contributed by atoms with Gasteiger partial charge in [0.25, 0.3) is 5.91 Å².